The van der Waals surface area contributed by atoms with Crippen LogP contribution in [0.25, 0.3) is 11.6 Å². The topological polar surface area (TPSA) is 93.6 Å². The van der Waals surface area contributed by atoms with Gasteiger partial charge in [-0.1, -0.05) is 5.16 Å². The molecule has 0 aliphatic heterocycles. The van der Waals surface area contributed by atoms with Crippen molar-refractivity contribution in [3.8, 4) is 11.6 Å². The fraction of sp³-hybridized carbons (Fsp3) is 0.444. The number of imidazole rings is 1. The Hall–Kier alpha value is -1.34. The largest absolute Gasteiger partial charge is 0.342 e. The van der Waals surface area contributed by atoms with Crippen LogP contribution in [0.2, 0.25) is 0 Å². The normalized spacial score (nSPS) is 12.9. The predicted octanol–water partition coefficient (Wildman–Crippen LogP) is 1.21. The molecule has 2 rings (SSSR count). The molecule has 0 aliphatic rings. The number of rotatable bonds is 5. The minimum absolute atomic E-state index is 0.205. The average molecular weight is 239 g/mol. The smallest absolute Gasteiger partial charge is 0.243 e. The van der Waals surface area contributed by atoms with E-state index in [1.54, 1.807) is 24.2 Å². The molecule has 7 heteroatoms. The van der Waals surface area contributed by atoms with Gasteiger partial charge in [-0.2, -0.15) is 16.7 Å². The molecule has 0 unspecified atom stereocenters. The molecule has 2 aromatic rings. The van der Waals surface area contributed by atoms with E-state index < -0.39 is 0 Å². The molecule has 86 valence electrons. The summed E-state index contributed by atoms with van der Waals surface area (Å²) < 4.78 is 5.09. The highest BCUT2D eigenvalue weighted by Gasteiger charge is 2.16. The molecule has 0 saturated heterocycles. The summed E-state index contributed by atoms with van der Waals surface area (Å²) in [5.41, 5.74) is 5.91. The van der Waals surface area contributed by atoms with Gasteiger partial charge in [0.25, 0.3) is 0 Å². The molecular weight excluding hydrogens is 226 g/mol. The van der Waals surface area contributed by atoms with Crippen molar-refractivity contribution < 1.29 is 4.52 Å². The average Bonchev–Trinajstić information content (AvgIpc) is 2.94. The summed E-state index contributed by atoms with van der Waals surface area (Å²) in [7, 11) is 0. The van der Waals surface area contributed by atoms with Crippen LogP contribution in [-0.4, -0.2) is 32.1 Å². The van der Waals surface area contributed by atoms with Gasteiger partial charge in [-0.3, -0.25) is 0 Å². The van der Waals surface area contributed by atoms with Crippen LogP contribution in [0.4, 0.5) is 0 Å². The lowest BCUT2D eigenvalue weighted by Gasteiger charge is -2.03. The molecule has 0 aliphatic carbocycles. The van der Waals surface area contributed by atoms with Gasteiger partial charge in [0.2, 0.25) is 11.7 Å². The minimum atomic E-state index is -0.205. The van der Waals surface area contributed by atoms with Gasteiger partial charge >= 0.3 is 0 Å². The van der Waals surface area contributed by atoms with E-state index in [0.29, 0.717) is 17.5 Å². The van der Waals surface area contributed by atoms with E-state index in [1.807, 2.05) is 6.26 Å². The van der Waals surface area contributed by atoms with Gasteiger partial charge in [-0.25, -0.2) is 4.98 Å². The SMILES string of the molecule is CSCC[C@@H](N)c1nc(-c2ncc[nH]2)no1. The summed E-state index contributed by atoms with van der Waals surface area (Å²) in [6.45, 7) is 0. The van der Waals surface area contributed by atoms with E-state index >= 15 is 0 Å². The summed E-state index contributed by atoms with van der Waals surface area (Å²) in [6.07, 6.45) is 6.20. The van der Waals surface area contributed by atoms with E-state index in [9.17, 15) is 0 Å². The zero-order chi connectivity index (χ0) is 11.4. The summed E-state index contributed by atoms with van der Waals surface area (Å²) in [5.74, 6) is 2.46. The van der Waals surface area contributed by atoms with Gasteiger partial charge < -0.3 is 15.2 Å². The second-order valence-electron chi connectivity index (χ2n) is 3.28. The lowest BCUT2D eigenvalue weighted by atomic mass is 10.2. The molecule has 0 spiro atoms. The third-order valence-corrected chi connectivity index (χ3v) is 2.75. The maximum atomic E-state index is 5.91. The molecule has 0 bridgehead atoms. The molecule has 0 saturated carbocycles. The number of aromatic nitrogens is 4. The van der Waals surface area contributed by atoms with Crippen LogP contribution in [0.15, 0.2) is 16.9 Å². The fourth-order valence-electron chi connectivity index (χ4n) is 1.24. The van der Waals surface area contributed by atoms with Crippen molar-refractivity contribution in [2.24, 2.45) is 5.73 Å². The Morgan fingerprint density at radius 2 is 2.50 bits per heavy atom. The molecule has 2 aromatic heterocycles. The lowest BCUT2D eigenvalue weighted by molar-refractivity contribution is 0.353. The standard InChI is InChI=1S/C9H13N5OS/c1-16-5-2-6(10)9-13-8(14-15-9)7-11-3-4-12-7/h3-4,6H,2,5,10H2,1H3,(H,11,12)/t6-/m1/s1. The fourth-order valence-corrected chi connectivity index (χ4v) is 1.73. The quantitative estimate of drug-likeness (QED) is 0.814. The number of thioether (sulfide) groups is 1. The maximum Gasteiger partial charge on any atom is 0.243 e. The monoisotopic (exact) mass is 239 g/mol. The molecule has 0 radical (unpaired) electrons. The molecule has 0 aromatic carbocycles. The number of nitrogens with two attached hydrogens (primary N) is 1. The maximum absolute atomic E-state index is 5.91. The Morgan fingerprint density at radius 3 is 3.19 bits per heavy atom. The Bertz CT molecular complexity index is 427. The Kier molecular flexibility index (Phi) is 3.58. The van der Waals surface area contributed by atoms with E-state index in [2.05, 4.69) is 20.1 Å². The minimum Gasteiger partial charge on any atom is -0.342 e. The van der Waals surface area contributed by atoms with Crippen molar-refractivity contribution in [2.45, 2.75) is 12.5 Å². The highest BCUT2D eigenvalue weighted by atomic mass is 32.2. The molecule has 3 N–H and O–H groups in total. The van der Waals surface area contributed by atoms with Crippen LogP contribution < -0.4 is 5.73 Å². The van der Waals surface area contributed by atoms with Crippen molar-refractivity contribution >= 4 is 11.8 Å². The number of hydrogen-bond donors (Lipinski definition) is 2. The van der Waals surface area contributed by atoms with Crippen molar-refractivity contribution in [3.63, 3.8) is 0 Å². The third-order valence-electron chi connectivity index (χ3n) is 2.10. The highest BCUT2D eigenvalue weighted by molar-refractivity contribution is 7.98. The summed E-state index contributed by atoms with van der Waals surface area (Å²) >= 11 is 1.74. The molecular formula is C9H13N5OS. The van der Waals surface area contributed by atoms with Crippen LogP contribution >= 0.6 is 11.8 Å². The number of nitrogens with one attached hydrogen (secondary N) is 1. The van der Waals surface area contributed by atoms with Crippen molar-refractivity contribution in [3.05, 3.63) is 18.3 Å². The molecule has 2 heterocycles. The lowest BCUT2D eigenvalue weighted by Crippen LogP contribution is -2.11. The number of nitrogens with zero attached hydrogens (tertiary/aromatic N) is 3. The van der Waals surface area contributed by atoms with Crippen LogP contribution in [0.3, 0.4) is 0 Å². The summed E-state index contributed by atoms with van der Waals surface area (Å²) in [4.78, 5) is 11.1. The van der Waals surface area contributed by atoms with E-state index in [4.69, 9.17) is 10.3 Å². The number of aromatic amines is 1. The van der Waals surface area contributed by atoms with Gasteiger partial charge in [0.05, 0.1) is 6.04 Å². The van der Waals surface area contributed by atoms with Crippen molar-refractivity contribution in [1.29, 1.82) is 0 Å². The third kappa shape index (κ3) is 2.42. The first kappa shape index (κ1) is 11.2. The first-order valence-electron chi connectivity index (χ1n) is 4.89. The van der Waals surface area contributed by atoms with Gasteiger partial charge in [0.15, 0.2) is 5.82 Å². The summed E-state index contributed by atoms with van der Waals surface area (Å²) in [5, 5.41) is 3.82. The van der Waals surface area contributed by atoms with Gasteiger partial charge in [-0.05, 0) is 18.4 Å². The van der Waals surface area contributed by atoms with Crippen LogP contribution in [0.5, 0.6) is 0 Å². The number of H-pyrrole nitrogens is 1. The van der Waals surface area contributed by atoms with Gasteiger partial charge in [0.1, 0.15) is 0 Å². The predicted molar refractivity (Wildman–Crippen MR) is 61.8 cm³/mol. The molecule has 0 amide bonds. The molecule has 1 atom stereocenters. The Morgan fingerprint density at radius 1 is 1.62 bits per heavy atom. The first-order chi connectivity index (χ1) is 7.81. The Balaban J connectivity index is 2.07. The number of hydrogen-bond acceptors (Lipinski definition) is 6. The molecule has 16 heavy (non-hydrogen) atoms. The van der Waals surface area contributed by atoms with Gasteiger partial charge in [-0.15, -0.1) is 0 Å². The zero-order valence-electron chi connectivity index (χ0n) is 8.88. The first-order valence-corrected chi connectivity index (χ1v) is 6.28. The van der Waals surface area contributed by atoms with Crippen LogP contribution in [0.1, 0.15) is 18.4 Å². The second-order valence-corrected chi connectivity index (χ2v) is 4.27. The zero-order valence-corrected chi connectivity index (χ0v) is 9.70. The van der Waals surface area contributed by atoms with E-state index in [-0.39, 0.29) is 6.04 Å². The Labute approximate surface area is 97.0 Å². The second kappa shape index (κ2) is 5.13. The molecule has 0 fully saturated rings. The molecule has 6 nitrogen and oxygen atoms in total. The highest BCUT2D eigenvalue weighted by Crippen LogP contribution is 2.17. The van der Waals surface area contributed by atoms with Crippen molar-refractivity contribution in [1.82, 2.24) is 20.1 Å². The van der Waals surface area contributed by atoms with Crippen LogP contribution in [-0.2, 0) is 0 Å². The van der Waals surface area contributed by atoms with Crippen LogP contribution in [0, 0.1) is 0 Å². The summed E-state index contributed by atoms with van der Waals surface area (Å²) in [6, 6.07) is -0.205. The van der Waals surface area contributed by atoms with Crippen molar-refractivity contribution in [2.75, 3.05) is 12.0 Å². The van der Waals surface area contributed by atoms with E-state index in [1.165, 1.54) is 0 Å². The van der Waals surface area contributed by atoms with Gasteiger partial charge in [0, 0.05) is 12.4 Å². The van der Waals surface area contributed by atoms with E-state index in [0.717, 1.165) is 12.2 Å².